The second-order valence-corrected chi connectivity index (χ2v) is 7.83. The van der Waals surface area contributed by atoms with Crippen LogP contribution in [0.15, 0.2) is 42.9 Å². The minimum absolute atomic E-state index is 0.0722. The predicted octanol–water partition coefficient (Wildman–Crippen LogP) is 1.75. The van der Waals surface area contributed by atoms with Crippen LogP contribution >= 0.6 is 0 Å². The van der Waals surface area contributed by atoms with E-state index in [9.17, 15) is 14.0 Å². The van der Waals surface area contributed by atoms with E-state index >= 15 is 0 Å². The molecule has 1 aromatic heterocycles. The minimum Gasteiger partial charge on any atom is -0.352 e. The first-order valence-corrected chi connectivity index (χ1v) is 10.4. The first-order valence-electron chi connectivity index (χ1n) is 10.4. The van der Waals surface area contributed by atoms with E-state index in [-0.39, 0.29) is 23.5 Å². The van der Waals surface area contributed by atoms with Gasteiger partial charge in [0.2, 0.25) is 11.8 Å². The summed E-state index contributed by atoms with van der Waals surface area (Å²) in [7, 11) is 0. The Labute approximate surface area is 175 Å². The quantitative estimate of drug-likeness (QED) is 0.750. The molecule has 4 rings (SSSR count). The Morgan fingerprint density at radius 1 is 1.17 bits per heavy atom. The fourth-order valence-corrected chi connectivity index (χ4v) is 4.16. The van der Waals surface area contributed by atoms with E-state index < -0.39 is 0 Å². The van der Waals surface area contributed by atoms with Gasteiger partial charge in [-0.2, -0.15) is 0 Å². The highest BCUT2D eigenvalue weighted by atomic mass is 19.1. The summed E-state index contributed by atoms with van der Waals surface area (Å²) in [5.41, 5.74) is 0.858. The lowest BCUT2D eigenvalue weighted by atomic mass is 9.95. The van der Waals surface area contributed by atoms with E-state index in [1.165, 1.54) is 12.1 Å². The van der Waals surface area contributed by atoms with Crippen molar-refractivity contribution in [3.8, 4) is 0 Å². The van der Waals surface area contributed by atoms with Crippen molar-refractivity contribution in [1.82, 2.24) is 19.8 Å². The molecule has 0 spiro atoms. The second kappa shape index (κ2) is 9.19. The van der Waals surface area contributed by atoms with Gasteiger partial charge < -0.3 is 14.7 Å². The summed E-state index contributed by atoms with van der Waals surface area (Å²) in [6.07, 6.45) is 6.62. The number of likely N-dealkylation sites (tertiary alicyclic amines) is 1. The van der Waals surface area contributed by atoms with Crippen molar-refractivity contribution in [2.75, 3.05) is 44.2 Å². The fourth-order valence-electron chi connectivity index (χ4n) is 4.16. The van der Waals surface area contributed by atoms with Crippen LogP contribution in [0.4, 0.5) is 10.2 Å². The van der Waals surface area contributed by atoms with E-state index in [1.807, 2.05) is 11.0 Å². The number of halogens is 1. The molecule has 1 aromatic carbocycles. The molecular formula is C22H26FN5O2. The van der Waals surface area contributed by atoms with Crippen molar-refractivity contribution >= 4 is 17.6 Å². The molecule has 2 aliphatic rings. The van der Waals surface area contributed by atoms with Crippen molar-refractivity contribution in [1.29, 1.82) is 0 Å². The van der Waals surface area contributed by atoms with E-state index in [1.54, 1.807) is 29.6 Å². The number of hydrogen-bond acceptors (Lipinski definition) is 5. The van der Waals surface area contributed by atoms with Gasteiger partial charge in [-0.3, -0.25) is 14.6 Å². The van der Waals surface area contributed by atoms with Crippen molar-refractivity contribution in [3.05, 3.63) is 54.2 Å². The summed E-state index contributed by atoms with van der Waals surface area (Å²) < 4.78 is 13.4. The highest BCUT2D eigenvalue weighted by Gasteiger charge is 2.33. The third-order valence-electron chi connectivity index (χ3n) is 5.87. The molecule has 0 saturated carbocycles. The van der Waals surface area contributed by atoms with E-state index in [2.05, 4.69) is 14.9 Å². The van der Waals surface area contributed by atoms with Crippen LogP contribution in [0, 0.1) is 11.7 Å². The molecule has 7 nitrogen and oxygen atoms in total. The third-order valence-corrected chi connectivity index (χ3v) is 5.87. The van der Waals surface area contributed by atoms with Gasteiger partial charge in [0, 0.05) is 58.1 Å². The molecule has 0 bridgehead atoms. The monoisotopic (exact) mass is 411 g/mol. The number of piperazine rings is 1. The molecule has 0 radical (unpaired) electrons. The minimum atomic E-state index is -0.272. The summed E-state index contributed by atoms with van der Waals surface area (Å²) in [5, 5.41) is 0. The smallest absolute Gasteiger partial charge is 0.227 e. The molecule has 2 aromatic rings. The number of carbonyl (C=O) groups is 2. The molecular weight excluding hydrogens is 385 g/mol. The zero-order chi connectivity index (χ0) is 20.9. The Morgan fingerprint density at radius 2 is 2.00 bits per heavy atom. The number of amides is 2. The number of hydrogen-bond donors (Lipinski definition) is 0. The Bertz CT molecular complexity index is 886. The average Bonchev–Trinajstić information content (AvgIpc) is 2.79. The van der Waals surface area contributed by atoms with Crippen LogP contribution in [0.25, 0.3) is 0 Å². The normalized spacial score (nSPS) is 19.8. The zero-order valence-corrected chi connectivity index (χ0v) is 16.9. The lowest BCUT2D eigenvalue weighted by Gasteiger charge is -2.39. The van der Waals surface area contributed by atoms with Crippen LogP contribution < -0.4 is 4.90 Å². The summed E-state index contributed by atoms with van der Waals surface area (Å²) in [6, 6.07) is 6.44. The maximum Gasteiger partial charge on any atom is 0.227 e. The molecule has 0 unspecified atom stereocenters. The van der Waals surface area contributed by atoms with Gasteiger partial charge in [0.1, 0.15) is 11.6 Å². The van der Waals surface area contributed by atoms with Gasteiger partial charge in [0.15, 0.2) is 0 Å². The largest absolute Gasteiger partial charge is 0.352 e. The van der Waals surface area contributed by atoms with Gasteiger partial charge in [-0.25, -0.2) is 9.37 Å². The summed E-state index contributed by atoms with van der Waals surface area (Å²) in [4.78, 5) is 39.6. The molecule has 8 heteroatoms. The van der Waals surface area contributed by atoms with Crippen LogP contribution in [-0.4, -0.2) is 70.9 Å². The number of aromatic nitrogens is 2. The lowest BCUT2D eigenvalue weighted by molar-refractivity contribution is -0.143. The summed E-state index contributed by atoms with van der Waals surface area (Å²) in [5.74, 6) is 0.584. The summed E-state index contributed by atoms with van der Waals surface area (Å²) >= 11 is 0. The standard InChI is InChI=1S/C22H26FN5O2/c23-19-3-1-2-17(14-19)6-9-28-16-18(4-5-21(28)29)22(30)27-12-10-26(11-13-27)20-15-24-7-8-25-20/h1-3,7-8,14-15,18H,4-6,9-13,16H2/t18-/m1/s1. The molecule has 2 fully saturated rings. The van der Waals surface area contributed by atoms with Gasteiger partial charge in [-0.1, -0.05) is 12.1 Å². The van der Waals surface area contributed by atoms with Gasteiger partial charge >= 0.3 is 0 Å². The first kappa shape index (κ1) is 20.3. The topological polar surface area (TPSA) is 69.6 Å². The lowest BCUT2D eigenvalue weighted by Crippen LogP contribution is -2.53. The average molecular weight is 411 g/mol. The van der Waals surface area contributed by atoms with Crippen LogP contribution in [0.2, 0.25) is 0 Å². The highest BCUT2D eigenvalue weighted by molar-refractivity contribution is 5.84. The Hall–Kier alpha value is -3.03. The predicted molar refractivity (Wildman–Crippen MR) is 110 cm³/mol. The number of benzene rings is 1. The zero-order valence-electron chi connectivity index (χ0n) is 16.9. The SMILES string of the molecule is O=C1CC[C@@H](C(=O)N2CCN(c3cnccn3)CC2)CN1CCc1cccc(F)c1. The van der Waals surface area contributed by atoms with Gasteiger partial charge in [-0.05, 0) is 30.5 Å². The number of rotatable bonds is 5. The van der Waals surface area contributed by atoms with Gasteiger partial charge in [0.25, 0.3) is 0 Å². The Balaban J connectivity index is 1.30. The number of nitrogens with zero attached hydrogens (tertiary/aromatic N) is 5. The molecule has 2 amide bonds. The van der Waals surface area contributed by atoms with Crippen LogP contribution in [0.3, 0.4) is 0 Å². The van der Waals surface area contributed by atoms with Crippen molar-refractivity contribution in [2.24, 2.45) is 5.92 Å². The van der Waals surface area contributed by atoms with Gasteiger partial charge in [-0.15, -0.1) is 0 Å². The van der Waals surface area contributed by atoms with Crippen LogP contribution in [0.5, 0.6) is 0 Å². The Kier molecular flexibility index (Phi) is 6.21. The Morgan fingerprint density at radius 3 is 2.73 bits per heavy atom. The van der Waals surface area contributed by atoms with Crippen molar-refractivity contribution < 1.29 is 14.0 Å². The molecule has 0 N–H and O–H groups in total. The molecule has 3 heterocycles. The number of carbonyl (C=O) groups excluding carboxylic acids is 2. The summed E-state index contributed by atoms with van der Waals surface area (Å²) in [6.45, 7) is 3.68. The third kappa shape index (κ3) is 4.75. The van der Waals surface area contributed by atoms with E-state index in [0.717, 1.165) is 24.5 Å². The van der Waals surface area contributed by atoms with Gasteiger partial charge in [0.05, 0.1) is 12.1 Å². The maximum atomic E-state index is 13.4. The van der Waals surface area contributed by atoms with Crippen LogP contribution in [-0.2, 0) is 16.0 Å². The molecule has 2 saturated heterocycles. The number of piperidine rings is 1. The van der Waals surface area contributed by atoms with Crippen LogP contribution in [0.1, 0.15) is 18.4 Å². The maximum absolute atomic E-state index is 13.4. The molecule has 30 heavy (non-hydrogen) atoms. The highest BCUT2D eigenvalue weighted by Crippen LogP contribution is 2.22. The second-order valence-electron chi connectivity index (χ2n) is 7.83. The number of anilines is 1. The molecule has 158 valence electrons. The van der Waals surface area contributed by atoms with E-state index in [4.69, 9.17) is 0 Å². The van der Waals surface area contributed by atoms with Crippen molar-refractivity contribution in [2.45, 2.75) is 19.3 Å². The molecule has 1 atom stereocenters. The first-order chi connectivity index (χ1) is 14.6. The molecule has 0 aliphatic carbocycles. The van der Waals surface area contributed by atoms with E-state index in [0.29, 0.717) is 45.4 Å². The van der Waals surface area contributed by atoms with Crippen molar-refractivity contribution in [3.63, 3.8) is 0 Å². The molecule has 2 aliphatic heterocycles. The fraction of sp³-hybridized carbons (Fsp3) is 0.455.